The van der Waals surface area contributed by atoms with Crippen LogP contribution in [0.2, 0.25) is 0 Å². The van der Waals surface area contributed by atoms with Gasteiger partial charge in [-0.15, -0.1) is 0 Å². The van der Waals surface area contributed by atoms with Gasteiger partial charge in [-0.3, -0.25) is 9.78 Å². The van der Waals surface area contributed by atoms with E-state index in [0.29, 0.717) is 30.0 Å². The molecule has 0 fully saturated rings. The van der Waals surface area contributed by atoms with E-state index in [1.807, 2.05) is 18.2 Å². The van der Waals surface area contributed by atoms with Crippen LogP contribution in [-0.4, -0.2) is 42.8 Å². The van der Waals surface area contributed by atoms with Crippen molar-refractivity contribution >= 4 is 5.91 Å². The lowest BCUT2D eigenvalue weighted by atomic mass is 10.3. The first-order valence-electron chi connectivity index (χ1n) is 6.69. The zero-order valence-electron chi connectivity index (χ0n) is 11.6. The maximum Gasteiger partial charge on any atom is 0.254 e. The highest BCUT2D eigenvalue weighted by molar-refractivity contribution is 5.93. The molecule has 8 nitrogen and oxygen atoms in total. The molecule has 0 aliphatic rings. The van der Waals surface area contributed by atoms with E-state index < -0.39 is 0 Å². The molecule has 0 saturated heterocycles. The molecule has 8 heteroatoms. The van der Waals surface area contributed by atoms with E-state index in [0.717, 1.165) is 5.69 Å². The predicted octanol–water partition coefficient (Wildman–Crippen LogP) is 0.629. The highest BCUT2D eigenvalue weighted by Crippen LogP contribution is 2.09. The molecule has 22 heavy (non-hydrogen) atoms. The molecule has 110 valence electrons. The van der Waals surface area contributed by atoms with Gasteiger partial charge in [0.25, 0.3) is 5.91 Å². The number of amides is 1. The van der Waals surface area contributed by atoms with Crippen molar-refractivity contribution in [2.24, 2.45) is 0 Å². The molecule has 3 rings (SSSR count). The lowest BCUT2D eigenvalue weighted by molar-refractivity contribution is 0.0953. The summed E-state index contributed by atoms with van der Waals surface area (Å²) in [6.07, 6.45) is 6.88. The fourth-order valence-corrected chi connectivity index (χ4v) is 1.82. The van der Waals surface area contributed by atoms with Crippen LogP contribution in [0.25, 0.3) is 11.5 Å². The summed E-state index contributed by atoms with van der Waals surface area (Å²) in [4.78, 5) is 24.5. The number of carbonyl (C=O) groups is 1. The molecule has 0 atom stereocenters. The minimum atomic E-state index is -0.226. The van der Waals surface area contributed by atoms with Gasteiger partial charge in [-0.2, -0.15) is 15.4 Å². The Kier molecular flexibility index (Phi) is 4.10. The van der Waals surface area contributed by atoms with Gasteiger partial charge >= 0.3 is 0 Å². The first-order valence-corrected chi connectivity index (χ1v) is 6.69. The van der Waals surface area contributed by atoms with Gasteiger partial charge in [-0.25, -0.2) is 9.97 Å². The number of nitrogens with one attached hydrogen (secondary N) is 2. The van der Waals surface area contributed by atoms with Gasteiger partial charge in [0.1, 0.15) is 5.69 Å². The van der Waals surface area contributed by atoms with Gasteiger partial charge < -0.3 is 5.32 Å². The molecule has 3 aromatic rings. The molecule has 0 unspecified atom stereocenters. The lowest BCUT2D eigenvalue weighted by Crippen LogP contribution is -2.26. The molecule has 3 aromatic heterocycles. The second-order valence-corrected chi connectivity index (χ2v) is 4.48. The Labute approximate surface area is 126 Å². The number of pyridine rings is 1. The van der Waals surface area contributed by atoms with Gasteiger partial charge in [0.05, 0.1) is 17.5 Å². The summed E-state index contributed by atoms with van der Waals surface area (Å²) in [6.45, 7) is 0.466. The average Bonchev–Trinajstić information content (AvgIpc) is 3.09. The van der Waals surface area contributed by atoms with E-state index >= 15 is 0 Å². The molecule has 0 aliphatic carbocycles. The van der Waals surface area contributed by atoms with E-state index in [1.165, 1.54) is 12.4 Å². The summed E-state index contributed by atoms with van der Waals surface area (Å²) < 4.78 is 0. The first kappa shape index (κ1) is 13.8. The van der Waals surface area contributed by atoms with Crippen LogP contribution < -0.4 is 5.32 Å². The topological polar surface area (TPSA) is 109 Å². The van der Waals surface area contributed by atoms with Gasteiger partial charge in [0, 0.05) is 31.6 Å². The number of hydrogen-bond donors (Lipinski definition) is 2. The van der Waals surface area contributed by atoms with Crippen LogP contribution in [0.4, 0.5) is 0 Å². The van der Waals surface area contributed by atoms with E-state index in [2.05, 4.69) is 35.7 Å². The van der Waals surface area contributed by atoms with Crippen molar-refractivity contribution in [3.05, 3.63) is 54.2 Å². The van der Waals surface area contributed by atoms with Crippen LogP contribution >= 0.6 is 0 Å². The monoisotopic (exact) mass is 295 g/mol. The number of nitrogens with zero attached hydrogens (tertiary/aromatic N) is 5. The maximum atomic E-state index is 12.0. The van der Waals surface area contributed by atoms with Crippen LogP contribution in [0.1, 0.15) is 16.1 Å². The van der Waals surface area contributed by atoms with Crippen molar-refractivity contribution in [2.75, 3.05) is 6.54 Å². The van der Waals surface area contributed by atoms with Crippen LogP contribution in [0.5, 0.6) is 0 Å². The van der Waals surface area contributed by atoms with E-state index in [9.17, 15) is 4.79 Å². The molecule has 3 heterocycles. The highest BCUT2D eigenvalue weighted by Gasteiger charge is 2.08. The quantitative estimate of drug-likeness (QED) is 0.714. The third-order valence-corrected chi connectivity index (χ3v) is 2.94. The van der Waals surface area contributed by atoms with Crippen LogP contribution in [0.15, 0.2) is 43.0 Å². The van der Waals surface area contributed by atoms with E-state index in [4.69, 9.17) is 0 Å². The largest absolute Gasteiger partial charge is 0.352 e. The summed E-state index contributed by atoms with van der Waals surface area (Å²) in [7, 11) is 0. The Bertz CT molecular complexity index is 726. The zero-order valence-corrected chi connectivity index (χ0v) is 11.6. The second-order valence-electron chi connectivity index (χ2n) is 4.48. The molecule has 0 aliphatic heterocycles. The molecule has 0 saturated carbocycles. The first-order chi connectivity index (χ1) is 10.8. The van der Waals surface area contributed by atoms with E-state index in [-0.39, 0.29) is 5.91 Å². The number of carbonyl (C=O) groups excluding carboxylic acids is 1. The van der Waals surface area contributed by atoms with Crippen LogP contribution in [0, 0.1) is 0 Å². The highest BCUT2D eigenvalue weighted by atomic mass is 16.1. The smallest absolute Gasteiger partial charge is 0.254 e. The fraction of sp³-hybridized carbons (Fsp3) is 0.143. The normalized spacial score (nSPS) is 10.4. The third kappa shape index (κ3) is 3.29. The lowest BCUT2D eigenvalue weighted by Gasteiger charge is -2.04. The Hall–Kier alpha value is -3.16. The van der Waals surface area contributed by atoms with Gasteiger partial charge in [0.2, 0.25) is 0 Å². The number of hydrogen-bond acceptors (Lipinski definition) is 6. The van der Waals surface area contributed by atoms with Crippen LogP contribution in [0.3, 0.4) is 0 Å². The Morgan fingerprint density at radius 3 is 2.68 bits per heavy atom. The molecule has 2 N–H and O–H groups in total. The van der Waals surface area contributed by atoms with Crippen molar-refractivity contribution in [1.82, 2.24) is 35.7 Å². The van der Waals surface area contributed by atoms with Crippen molar-refractivity contribution in [1.29, 1.82) is 0 Å². The summed E-state index contributed by atoms with van der Waals surface area (Å²) in [5.41, 5.74) is 1.86. The molecule has 0 bridgehead atoms. The van der Waals surface area contributed by atoms with Crippen molar-refractivity contribution < 1.29 is 4.79 Å². The number of rotatable bonds is 5. The van der Waals surface area contributed by atoms with Gasteiger partial charge in [-0.05, 0) is 12.1 Å². The molecule has 0 spiro atoms. The minimum absolute atomic E-state index is 0.226. The maximum absolute atomic E-state index is 12.0. The molecule has 1 amide bonds. The number of aromatic amines is 1. The predicted molar refractivity (Wildman–Crippen MR) is 77.7 cm³/mol. The SMILES string of the molecule is O=C(NCCc1cn[nH]n1)c1cnc(-c2ccccn2)nc1. The third-order valence-electron chi connectivity index (χ3n) is 2.94. The second kappa shape index (κ2) is 6.53. The Morgan fingerprint density at radius 1 is 1.14 bits per heavy atom. The molecule has 0 radical (unpaired) electrons. The number of aromatic nitrogens is 6. The van der Waals surface area contributed by atoms with Crippen molar-refractivity contribution in [3.63, 3.8) is 0 Å². The van der Waals surface area contributed by atoms with Crippen LogP contribution in [-0.2, 0) is 6.42 Å². The Balaban J connectivity index is 1.59. The van der Waals surface area contributed by atoms with Crippen molar-refractivity contribution in [2.45, 2.75) is 6.42 Å². The molecule has 0 aromatic carbocycles. The summed E-state index contributed by atoms with van der Waals surface area (Å²) >= 11 is 0. The van der Waals surface area contributed by atoms with Gasteiger partial charge in [0.15, 0.2) is 5.82 Å². The summed E-state index contributed by atoms with van der Waals surface area (Å²) in [5, 5.41) is 12.9. The molecular weight excluding hydrogens is 282 g/mol. The summed E-state index contributed by atoms with van der Waals surface area (Å²) in [6, 6.07) is 5.49. The van der Waals surface area contributed by atoms with Gasteiger partial charge in [-0.1, -0.05) is 6.07 Å². The molecular formula is C14H13N7O. The summed E-state index contributed by atoms with van der Waals surface area (Å²) in [5.74, 6) is 0.260. The minimum Gasteiger partial charge on any atom is -0.352 e. The van der Waals surface area contributed by atoms with Crippen molar-refractivity contribution in [3.8, 4) is 11.5 Å². The fourth-order valence-electron chi connectivity index (χ4n) is 1.82. The standard InChI is InChI=1S/C14H13N7O/c22-14(16-6-4-11-9-19-21-20-11)10-7-17-13(18-8-10)12-3-1-2-5-15-12/h1-3,5,7-9H,4,6H2,(H,16,22)(H,19,20,21). The van der Waals surface area contributed by atoms with E-state index in [1.54, 1.807) is 12.4 Å². The number of H-pyrrole nitrogens is 1. The zero-order chi connectivity index (χ0) is 15.2. The Morgan fingerprint density at radius 2 is 2.00 bits per heavy atom. The average molecular weight is 295 g/mol.